The van der Waals surface area contributed by atoms with Crippen LogP contribution in [0.25, 0.3) is 0 Å². The van der Waals surface area contributed by atoms with Gasteiger partial charge in [-0.15, -0.1) is 0 Å². The van der Waals surface area contributed by atoms with Crippen molar-refractivity contribution in [1.29, 1.82) is 0 Å². The summed E-state index contributed by atoms with van der Waals surface area (Å²) in [5, 5.41) is 50.4. The molecule has 1 amide bonds. The number of thiol groups is 1. The van der Waals surface area contributed by atoms with Crippen LogP contribution in [0.1, 0.15) is 77.1 Å². The summed E-state index contributed by atoms with van der Waals surface area (Å²) in [5.41, 5.74) is -0.476. The van der Waals surface area contributed by atoms with Gasteiger partial charge in [0.1, 0.15) is 30.5 Å². The zero-order chi connectivity index (χ0) is 64.1. The zero-order valence-electron chi connectivity index (χ0n) is 50.8. The summed E-state index contributed by atoms with van der Waals surface area (Å²) < 4.78 is 78.1. The standard InChI is InChI=1S/C60H80N2O22S4/c1-29(2)21-34-28-76-46(26-41(34)72-8)82-54-53(67)50(62-84-48-25-39(63)55(85)32(5)78-48)30(3)79-59(54)81-40-17-15-13-14-16-19-60(70)37(18-20-87-88-86-12)49(40)36(23-45(64)75-11)52(66)56(60)83-47-27-44(51(65)31(4)77-47)80-58(69)35-22-42(73-9)43(74-10)24-38(35)61-57(68)33(6)71-7/h13-14,18,22,24,29-32,34,39-41,44,46-48,50-51,53-56,59,62-63,65,67,70,85H,6,20-21,23,25-28H2,1-5,7-12H3,(H,61,68)/b14-13-,37-18+. The molecule has 1 aromatic carbocycles. The molecule has 0 radical (unpaired) electrons. The van der Waals surface area contributed by atoms with E-state index < -0.39 is 140 Å². The molecule has 0 spiro atoms. The molecule has 19 atom stereocenters. The van der Waals surface area contributed by atoms with Crippen molar-refractivity contribution in [3.8, 4) is 35.2 Å². The molecule has 2 aliphatic carbocycles. The Labute approximate surface area is 529 Å². The third-order valence-electron chi connectivity index (χ3n) is 15.6. The second kappa shape index (κ2) is 32.8. The lowest BCUT2D eigenvalue weighted by atomic mass is 9.70. The Hall–Kier alpha value is -4.38. The van der Waals surface area contributed by atoms with Gasteiger partial charge in [0.05, 0.1) is 94.5 Å². The lowest BCUT2D eigenvalue weighted by Crippen LogP contribution is -2.65. The number of amides is 1. The fraction of sp³-hybridized carbons (Fsp3) is 0.633. The number of fused-ring (bicyclic) bond motifs is 2. The number of methoxy groups -OCH3 is 5. The molecule has 4 aliphatic heterocycles. The van der Waals surface area contributed by atoms with E-state index in [1.54, 1.807) is 27.0 Å². The van der Waals surface area contributed by atoms with Crippen molar-refractivity contribution >= 4 is 73.4 Å². The number of ether oxygens (including phenoxy) is 13. The molecule has 88 heavy (non-hydrogen) atoms. The monoisotopic (exact) mass is 1310 g/mol. The molecule has 0 saturated carbocycles. The van der Waals surface area contributed by atoms with Gasteiger partial charge in [0.15, 0.2) is 59.9 Å². The van der Waals surface area contributed by atoms with E-state index in [0.29, 0.717) is 5.92 Å². The smallest absolute Gasteiger partial charge is 0.340 e. The first-order valence-corrected chi connectivity index (χ1v) is 33.1. The molecule has 1 aromatic rings. The third-order valence-corrected chi connectivity index (χ3v) is 20.1. The van der Waals surface area contributed by atoms with Crippen molar-refractivity contribution < 1.29 is 106 Å². The maximum absolute atomic E-state index is 15.7. The first-order chi connectivity index (χ1) is 42.0. The number of carbonyl (C=O) groups excluding carboxylic acids is 4. The summed E-state index contributed by atoms with van der Waals surface area (Å²) in [7, 11) is 10.9. The van der Waals surface area contributed by atoms with Crippen molar-refractivity contribution in [2.75, 3.05) is 59.5 Å². The number of anilines is 1. The van der Waals surface area contributed by atoms with Crippen molar-refractivity contribution in [2.24, 2.45) is 11.8 Å². The van der Waals surface area contributed by atoms with E-state index in [1.165, 1.54) is 84.0 Å². The molecule has 6 N–H and O–H groups in total. The van der Waals surface area contributed by atoms with Crippen LogP contribution in [0, 0.1) is 35.5 Å². The molecule has 486 valence electrons. The highest BCUT2D eigenvalue weighted by atomic mass is 33.5. The number of aliphatic hydroxyl groups is 4. The van der Waals surface area contributed by atoms with E-state index in [-0.39, 0.29) is 82.5 Å². The zero-order valence-corrected chi connectivity index (χ0v) is 54.2. The van der Waals surface area contributed by atoms with E-state index >= 15 is 4.79 Å². The normalized spacial score (nSPS) is 34.7. The van der Waals surface area contributed by atoms with Crippen LogP contribution < -0.4 is 20.3 Å². The summed E-state index contributed by atoms with van der Waals surface area (Å²) in [5.74, 6) is 8.39. The number of allylic oxidation sites excluding steroid dienone is 2. The number of rotatable bonds is 25. The van der Waals surface area contributed by atoms with Gasteiger partial charge in [-0.05, 0) is 61.3 Å². The maximum atomic E-state index is 15.7. The highest BCUT2D eigenvalue weighted by Gasteiger charge is 2.56. The number of aliphatic hydroxyl groups excluding tert-OH is 3. The number of hydrogen-bond donors (Lipinski definition) is 7. The van der Waals surface area contributed by atoms with Gasteiger partial charge in [0.25, 0.3) is 5.91 Å². The highest BCUT2D eigenvalue weighted by Crippen LogP contribution is 2.45. The van der Waals surface area contributed by atoms with Crippen LogP contribution in [0.15, 0.2) is 59.4 Å². The molecule has 2 bridgehead atoms. The fourth-order valence-corrected chi connectivity index (χ4v) is 13.6. The second-order valence-electron chi connectivity index (χ2n) is 21.9. The molecule has 6 aliphatic rings. The Morgan fingerprint density at radius 1 is 0.886 bits per heavy atom. The average molecular weight is 1310 g/mol. The van der Waals surface area contributed by atoms with E-state index in [0.717, 1.165) is 13.5 Å². The SMILES string of the molecule is C=C(OC)C(=O)Nc1cc(OC)c(OC)cc1C(=O)OC1CC(OC2C(=O)C(CC(=O)OC)=C3/C(=C\CSSSC)C2(O)C#C/C=C\C#CC3OC2OC(C)C(NOC3CC(O)C(S)C(C)O3)C(O)C2OC2CC(OC)C(CC(C)C)CO2)OC(C)C1O. The molecular formula is C60H80N2O22S4. The van der Waals surface area contributed by atoms with Crippen LogP contribution in [0.5, 0.6) is 11.5 Å². The van der Waals surface area contributed by atoms with Crippen LogP contribution in [-0.4, -0.2) is 207 Å². The van der Waals surface area contributed by atoms with Crippen LogP contribution in [-0.2, 0) is 71.3 Å². The maximum Gasteiger partial charge on any atom is 0.340 e. The molecule has 0 aromatic heterocycles. The summed E-state index contributed by atoms with van der Waals surface area (Å²) >= 11 is 4.46. The first-order valence-electron chi connectivity index (χ1n) is 28.5. The predicted molar refractivity (Wildman–Crippen MR) is 327 cm³/mol. The minimum absolute atomic E-state index is 0.0346. The first kappa shape index (κ1) is 71.1. The van der Waals surface area contributed by atoms with E-state index in [4.69, 9.17) is 66.4 Å². The van der Waals surface area contributed by atoms with Crippen molar-refractivity contribution in [3.05, 3.63) is 65.0 Å². The summed E-state index contributed by atoms with van der Waals surface area (Å²) in [4.78, 5) is 62.6. The lowest BCUT2D eigenvalue weighted by molar-refractivity contribution is -0.338. The predicted octanol–water partition coefficient (Wildman–Crippen LogP) is 4.53. The van der Waals surface area contributed by atoms with Gasteiger partial charge < -0.3 is 87.3 Å². The van der Waals surface area contributed by atoms with E-state index in [1.807, 2.05) is 6.26 Å². The number of carbonyl (C=O) groups is 4. The van der Waals surface area contributed by atoms with E-state index in [9.17, 15) is 34.8 Å². The van der Waals surface area contributed by atoms with Gasteiger partial charge in [0.2, 0.25) is 0 Å². The highest BCUT2D eigenvalue weighted by molar-refractivity contribution is 9.09. The molecular weight excluding hydrogens is 1230 g/mol. The number of nitrogens with one attached hydrogen (secondary N) is 2. The molecule has 4 saturated heterocycles. The number of hydrogen-bond acceptors (Lipinski definition) is 27. The van der Waals surface area contributed by atoms with Crippen molar-refractivity contribution in [1.82, 2.24) is 5.48 Å². The molecule has 19 unspecified atom stereocenters. The molecule has 24 nitrogen and oxygen atoms in total. The van der Waals surface area contributed by atoms with Gasteiger partial charge >= 0.3 is 11.9 Å². The second-order valence-corrected chi connectivity index (χ2v) is 26.9. The third kappa shape index (κ3) is 17.2. The van der Waals surface area contributed by atoms with Crippen molar-refractivity contribution in [2.45, 2.75) is 176 Å². The van der Waals surface area contributed by atoms with E-state index in [2.05, 4.69) is 67.5 Å². The summed E-state index contributed by atoms with van der Waals surface area (Å²) in [6, 6.07) is 1.55. The average Bonchev–Trinajstić information content (AvgIpc) is 0.783. The van der Waals surface area contributed by atoms with Gasteiger partial charge in [-0.1, -0.05) is 71.8 Å². The van der Waals surface area contributed by atoms with Gasteiger partial charge in [-0.25, -0.2) is 4.79 Å². The van der Waals surface area contributed by atoms with Gasteiger partial charge in [-0.3, -0.25) is 19.2 Å². The number of hydroxylamine groups is 1. The van der Waals surface area contributed by atoms with Crippen molar-refractivity contribution in [3.63, 3.8) is 0 Å². The molecule has 7 rings (SSSR count). The molecule has 28 heteroatoms. The molecule has 4 heterocycles. The van der Waals surface area contributed by atoms with Crippen LogP contribution in [0.2, 0.25) is 0 Å². The minimum atomic E-state index is -2.62. The minimum Gasteiger partial charge on any atom is -0.493 e. The molecule has 4 fully saturated rings. The Kier molecular flexibility index (Phi) is 26.5. The number of esters is 2. The number of benzene rings is 1. The Morgan fingerprint density at radius 3 is 2.26 bits per heavy atom. The number of Topliss-reactive ketones (excluding diaryl/α,β-unsaturated/α-hetero) is 1. The topological polar surface area (TPSA) is 302 Å². The summed E-state index contributed by atoms with van der Waals surface area (Å²) in [6.07, 6.45) is -12.0. The van der Waals surface area contributed by atoms with Crippen LogP contribution in [0.3, 0.4) is 0 Å². The quantitative estimate of drug-likeness (QED) is 0.0103. The lowest BCUT2D eigenvalue weighted by Gasteiger charge is -2.47. The van der Waals surface area contributed by atoms with Gasteiger partial charge in [-0.2, -0.15) is 18.1 Å². The Morgan fingerprint density at radius 2 is 1.59 bits per heavy atom. The number of ketones is 1. The Balaban J connectivity index is 1.27. The van der Waals surface area contributed by atoms with Crippen LogP contribution >= 0.6 is 44.0 Å². The van der Waals surface area contributed by atoms with Crippen LogP contribution in [0.4, 0.5) is 5.69 Å². The van der Waals surface area contributed by atoms with Gasteiger partial charge in [0, 0.05) is 66.9 Å². The largest absolute Gasteiger partial charge is 0.493 e. The Bertz CT molecular complexity index is 2860. The fourth-order valence-electron chi connectivity index (χ4n) is 11.0. The summed E-state index contributed by atoms with van der Waals surface area (Å²) in [6.45, 7) is 12.9.